The van der Waals surface area contributed by atoms with Crippen molar-refractivity contribution in [1.82, 2.24) is 14.8 Å². The number of rotatable bonds is 5. The van der Waals surface area contributed by atoms with Crippen molar-refractivity contribution in [3.05, 3.63) is 42.2 Å². The molecule has 0 unspecified atom stereocenters. The lowest BCUT2D eigenvalue weighted by molar-refractivity contribution is -0.136. The van der Waals surface area contributed by atoms with Crippen LogP contribution in [0.3, 0.4) is 0 Å². The van der Waals surface area contributed by atoms with Crippen LogP contribution in [0.5, 0.6) is 11.5 Å². The van der Waals surface area contributed by atoms with Gasteiger partial charge in [-0.3, -0.25) is 14.5 Å². The molecular weight excluding hydrogens is 376 g/mol. The second-order valence-electron chi connectivity index (χ2n) is 6.94. The van der Waals surface area contributed by atoms with Crippen LogP contribution in [0.15, 0.2) is 36.5 Å². The highest BCUT2D eigenvalue weighted by Crippen LogP contribution is 2.34. The van der Waals surface area contributed by atoms with Gasteiger partial charge in [-0.05, 0) is 24.3 Å². The van der Waals surface area contributed by atoms with Crippen LogP contribution >= 0.6 is 0 Å². The quantitative estimate of drug-likeness (QED) is 0.724. The van der Waals surface area contributed by atoms with Gasteiger partial charge in [0.15, 0.2) is 11.5 Å². The van der Waals surface area contributed by atoms with E-state index in [9.17, 15) is 9.59 Å². The van der Waals surface area contributed by atoms with Gasteiger partial charge in [0.2, 0.25) is 6.79 Å². The number of aromatic nitrogens is 1. The number of morpholine rings is 1. The van der Waals surface area contributed by atoms with Crippen molar-refractivity contribution in [3.63, 3.8) is 0 Å². The number of fused-ring (bicyclic) bond motifs is 1. The molecule has 1 aromatic carbocycles. The molecule has 1 saturated heterocycles. The minimum atomic E-state index is -0.725. The molecule has 0 spiro atoms. The largest absolute Gasteiger partial charge is 0.454 e. The van der Waals surface area contributed by atoms with Gasteiger partial charge in [-0.25, -0.2) is 0 Å². The molecule has 29 heavy (non-hydrogen) atoms. The SMILES string of the molecule is Cn1cccc1[C@H](CNC(=O)C(=O)Nc1ccc2c(c1)OCO2)N1CCOCC1. The fraction of sp³-hybridized carbons (Fsp3) is 0.400. The van der Waals surface area contributed by atoms with Gasteiger partial charge in [-0.15, -0.1) is 0 Å². The highest BCUT2D eigenvalue weighted by atomic mass is 16.7. The first kappa shape index (κ1) is 19.3. The second-order valence-corrected chi connectivity index (χ2v) is 6.94. The summed E-state index contributed by atoms with van der Waals surface area (Å²) in [6.45, 7) is 3.32. The molecule has 0 bridgehead atoms. The summed E-state index contributed by atoms with van der Waals surface area (Å²) in [5, 5.41) is 5.36. The van der Waals surface area contributed by atoms with Gasteiger partial charge < -0.3 is 29.4 Å². The highest BCUT2D eigenvalue weighted by molar-refractivity contribution is 6.39. The summed E-state index contributed by atoms with van der Waals surface area (Å²) >= 11 is 0. The van der Waals surface area contributed by atoms with Crippen molar-refractivity contribution >= 4 is 17.5 Å². The zero-order valence-electron chi connectivity index (χ0n) is 16.2. The molecule has 0 saturated carbocycles. The number of carbonyl (C=O) groups is 2. The van der Waals surface area contributed by atoms with Gasteiger partial charge in [0.05, 0.1) is 19.3 Å². The van der Waals surface area contributed by atoms with Crippen LogP contribution in [0.4, 0.5) is 5.69 Å². The first-order valence-electron chi connectivity index (χ1n) is 9.53. The number of aryl methyl sites for hydroxylation is 1. The molecule has 2 aromatic rings. The molecule has 0 radical (unpaired) electrons. The van der Waals surface area contributed by atoms with Gasteiger partial charge in [0, 0.05) is 50.3 Å². The lowest BCUT2D eigenvalue weighted by Gasteiger charge is -2.34. The Kier molecular flexibility index (Phi) is 5.68. The van der Waals surface area contributed by atoms with Crippen LogP contribution in [-0.2, 0) is 21.4 Å². The maximum Gasteiger partial charge on any atom is 0.313 e. The van der Waals surface area contributed by atoms with Crippen molar-refractivity contribution in [2.24, 2.45) is 7.05 Å². The molecule has 0 aliphatic carbocycles. The fourth-order valence-corrected chi connectivity index (χ4v) is 3.56. The molecule has 2 N–H and O–H groups in total. The summed E-state index contributed by atoms with van der Waals surface area (Å²) in [6, 6.07) is 8.95. The van der Waals surface area contributed by atoms with Crippen molar-refractivity contribution in [3.8, 4) is 11.5 Å². The summed E-state index contributed by atoms with van der Waals surface area (Å²) in [5.41, 5.74) is 1.55. The predicted octanol–water partition coefficient (Wildman–Crippen LogP) is 0.882. The van der Waals surface area contributed by atoms with E-state index in [0.717, 1.165) is 18.8 Å². The van der Waals surface area contributed by atoms with E-state index in [4.69, 9.17) is 14.2 Å². The zero-order chi connectivity index (χ0) is 20.2. The lowest BCUT2D eigenvalue weighted by Crippen LogP contribution is -2.46. The number of benzene rings is 1. The monoisotopic (exact) mass is 400 g/mol. The third kappa shape index (κ3) is 4.36. The Morgan fingerprint density at radius 2 is 1.90 bits per heavy atom. The van der Waals surface area contributed by atoms with Crippen LogP contribution in [0.25, 0.3) is 0 Å². The second kappa shape index (κ2) is 8.54. The number of hydrogen-bond donors (Lipinski definition) is 2. The Balaban J connectivity index is 1.38. The Labute approximate surface area is 168 Å². The van der Waals surface area contributed by atoms with Crippen LogP contribution in [0, 0.1) is 0 Å². The summed E-state index contributed by atoms with van der Waals surface area (Å²) in [5.74, 6) is -0.255. The lowest BCUT2D eigenvalue weighted by atomic mass is 10.1. The van der Waals surface area contributed by atoms with E-state index in [1.807, 2.05) is 29.9 Å². The molecule has 1 aromatic heterocycles. The first-order chi connectivity index (χ1) is 14.1. The number of ether oxygens (including phenoxy) is 3. The van der Waals surface area contributed by atoms with Crippen molar-refractivity contribution in [2.45, 2.75) is 6.04 Å². The third-order valence-electron chi connectivity index (χ3n) is 5.10. The normalized spacial score (nSPS) is 17.0. The first-order valence-corrected chi connectivity index (χ1v) is 9.53. The Hall–Kier alpha value is -3.04. The molecule has 1 fully saturated rings. The zero-order valence-corrected chi connectivity index (χ0v) is 16.2. The van der Waals surface area contributed by atoms with E-state index in [-0.39, 0.29) is 12.8 Å². The van der Waals surface area contributed by atoms with Crippen molar-refractivity contribution in [1.29, 1.82) is 0 Å². The molecule has 9 heteroatoms. The number of hydrogen-bond acceptors (Lipinski definition) is 6. The molecule has 9 nitrogen and oxygen atoms in total. The Bertz CT molecular complexity index is 891. The minimum Gasteiger partial charge on any atom is -0.454 e. The number of anilines is 1. The van der Waals surface area contributed by atoms with E-state index in [0.29, 0.717) is 36.9 Å². The summed E-state index contributed by atoms with van der Waals surface area (Å²) < 4.78 is 18.0. The topological polar surface area (TPSA) is 94.1 Å². The number of nitrogens with one attached hydrogen (secondary N) is 2. The summed E-state index contributed by atoms with van der Waals surface area (Å²) in [7, 11) is 1.97. The molecule has 2 amide bonds. The third-order valence-corrected chi connectivity index (χ3v) is 5.10. The van der Waals surface area contributed by atoms with Gasteiger partial charge in [-0.2, -0.15) is 0 Å². The number of amides is 2. The smallest absolute Gasteiger partial charge is 0.313 e. The Morgan fingerprint density at radius 3 is 2.66 bits per heavy atom. The standard InChI is InChI=1S/C20H24N4O5/c1-23-6-2-3-15(23)16(24-7-9-27-10-8-24)12-21-19(25)20(26)22-14-4-5-17-18(11-14)29-13-28-17/h2-6,11,16H,7-10,12-13H2,1H3,(H,21,25)(H,22,26)/t16-/m0/s1. The minimum absolute atomic E-state index is 0.0406. The molecular formula is C20H24N4O5. The maximum absolute atomic E-state index is 12.4. The van der Waals surface area contributed by atoms with Crippen molar-refractivity contribution < 1.29 is 23.8 Å². The van der Waals surface area contributed by atoms with Gasteiger partial charge in [0.1, 0.15) is 0 Å². The fourth-order valence-electron chi connectivity index (χ4n) is 3.56. The van der Waals surface area contributed by atoms with Crippen molar-refractivity contribution in [2.75, 3.05) is 45.0 Å². The van der Waals surface area contributed by atoms with Crippen LogP contribution < -0.4 is 20.1 Å². The predicted molar refractivity (Wildman–Crippen MR) is 105 cm³/mol. The maximum atomic E-state index is 12.4. The van der Waals surface area contributed by atoms with Gasteiger partial charge >= 0.3 is 11.8 Å². The highest BCUT2D eigenvalue weighted by Gasteiger charge is 2.26. The summed E-state index contributed by atoms with van der Waals surface area (Å²) in [4.78, 5) is 27.0. The average molecular weight is 400 g/mol. The molecule has 4 rings (SSSR count). The Morgan fingerprint density at radius 1 is 1.10 bits per heavy atom. The van der Waals surface area contributed by atoms with Crippen LogP contribution in [-0.4, -0.2) is 60.9 Å². The molecule has 2 aliphatic rings. The molecule has 1 atom stereocenters. The molecule has 2 aliphatic heterocycles. The van der Waals surface area contributed by atoms with E-state index >= 15 is 0 Å². The summed E-state index contributed by atoms with van der Waals surface area (Å²) in [6.07, 6.45) is 1.97. The van der Waals surface area contributed by atoms with Crippen LogP contribution in [0.2, 0.25) is 0 Å². The average Bonchev–Trinajstić information content (AvgIpc) is 3.37. The van der Waals surface area contributed by atoms with Gasteiger partial charge in [-0.1, -0.05) is 0 Å². The molecule has 154 valence electrons. The number of carbonyl (C=O) groups excluding carboxylic acids is 2. The van der Waals surface area contributed by atoms with Gasteiger partial charge in [0.25, 0.3) is 0 Å². The van der Waals surface area contributed by atoms with E-state index in [2.05, 4.69) is 15.5 Å². The van der Waals surface area contributed by atoms with E-state index in [1.54, 1.807) is 18.2 Å². The van der Waals surface area contributed by atoms with E-state index < -0.39 is 11.8 Å². The number of nitrogens with zero attached hydrogens (tertiary/aromatic N) is 2. The molecule has 3 heterocycles. The van der Waals surface area contributed by atoms with E-state index in [1.165, 1.54) is 0 Å². The van der Waals surface area contributed by atoms with Crippen LogP contribution in [0.1, 0.15) is 11.7 Å².